The maximum Gasteiger partial charge on any atom is 0.413 e. The fraction of sp³-hybridized carbons (Fsp3) is 0.409. The Kier molecular flexibility index (Phi) is 5.83. The molecule has 33 heavy (non-hydrogen) atoms. The van der Waals surface area contributed by atoms with E-state index in [0.29, 0.717) is 24.6 Å². The van der Waals surface area contributed by atoms with Crippen molar-refractivity contribution in [3.05, 3.63) is 45.6 Å². The molecule has 11 heteroatoms. The van der Waals surface area contributed by atoms with Gasteiger partial charge < -0.3 is 15.8 Å². The van der Waals surface area contributed by atoms with Crippen molar-refractivity contribution in [2.45, 2.75) is 58.2 Å². The molecular formula is C22H26N6O4S. The van der Waals surface area contributed by atoms with Crippen molar-refractivity contribution in [2.75, 3.05) is 11.1 Å². The number of amides is 2. The molecule has 3 aromatic rings. The summed E-state index contributed by atoms with van der Waals surface area (Å²) in [4.78, 5) is 46.7. The molecule has 0 aromatic carbocycles. The Morgan fingerprint density at radius 3 is 2.76 bits per heavy atom. The first-order valence-electron chi connectivity index (χ1n) is 10.5. The van der Waals surface area contributed by atoms with E-state index in [-0.39, 0.29) is 23.1 Å². The Morgan fingerprint density at radius 1 is 1.27 bits per heavy atom. The summed E-state index contributed by atoms with van der Waals surface area (Å²) in [6, 6.07) is 3.05. The number of carbonyl (C=O) groups is 2. The Balaban J connectivity index is 1.44. The Labute approximate surface area is 194 Å². The predicted molar refractivity (Wildman–Crippen MR) is 126 cm³/mol. The van der Waals surface area contributed by atoms with E-state index < -0.39 is 17.7 Å². The molecule has 10 nitrogen and oxygen atoms in total. The summed E-state index contributed by atoms with van der Waals surface area (Å²) in [5.74, 6) is 0.695. The molecule has 3 aromatic heterocycles. The quantitative estimate of drug-likeness (QED) is 0.532. The van der Waals surface area contributed by atoms with Crippen LogP contribution in [0.4, 0.5) is 16.3 Å². The van der Waals surface area contributed by atoms with Crippen molar-refractivity contribution >= 4 is 44.9 Å². The lowest BCUT2D eigenvalue weighted by molar-refractivity contribution is -0.124. The van der Waals surface area contributed by atoms with Gasteiger partial charge in [-0.25, -0.2) is 14.8 Å². The van der Waals surface area contributed by atoms with Gasteiger partial charge in [-0.05, 0) is 39.3 Å². The lowest BCUT2D eigenvalue weighted by Crippen LogP contribution is -2.36. The van der Waals surface area contributed by atoms with Crippen LogP contribution in [0, 0.1) is 0 Å². The summed E-state index contributed by atoms with van der Waals surface area (Å²) in [5, 5.41) is 6.44. The molecular weight excluding hydrogens is 444 g/mol. The first-order chi connectivity index (χ1) is 15.5. The van der Waals surface area contributed by atoms with Crippen LogP contribution in [0.25, 0.3) is 10.1 Å². The van der Waals surface area contributed by atoms with Gasteiger partial charge in [-0.2, -0.15) is 0 Å². The Bertz CT molecular complexity index is 1290. The molecule has 2 amide bonds. The highest BCUT2D eigenvalue weighted by Gasteiger charge is 2.35. The number of nitrogen functional groups attached to an aromatic ring is 1. The van der Waals surface area contributed by atoms with E-state index in [1.807, 2.05) is 13.0 Å². The van der Waals surface area contributed by atoms with Gasteiger partial charge in [0.25, 0.3) is 5.56 Å². The normalized spacial score (nSPS) is 17.6. The monoisotopic (exact) mass is 470 g/mol. The summed E-state index contributed by atoms with van der Waals surface area (Å²) in [5.41, 5.74) is 4.75. The van der Waals surface area contributed by atoms with Crippen LogP contribution in [-0.4, -0.2) is 32.1 Å². The zero-order chi connectivity index (χ0) is 23.9. The molecule has 0 bridgehead atoms. The first-order valence-corrected chi connectivity index (χ1v) is 11.4. The maximum absolute atomic E-state index is 12.9. The van der Waals surface area contributed by atoms with Crippen LogP contribution in [0.1, 0.15) is 56.8 Å². The smallest absolute Gasteiger partial charge is 0.413 e. The van der Waals surface area contributed by atoms with E-state index in [0.717, 1.165) is 15.0 Å². The number of nitrogens with one attached hydrogen (secondary N) is 2. The van der Waals surface area contributed by atoms with Crippen molar-refractivity contribution in [2.24, 2.45) is 0 Å². The lowest BCUT2D eigenvalue weighted by Gasteiger charge is -2.19. The fourth-order valence-corrected chi connectivity index (χ4v) is 4.79. The van der Waals surface area contributed by atoms with E-state index in [2.05, 4.69) is 20.6 Å². The van der Waals surface area contributed by atoms with Gasteiger partial charge in [-0.3, -0.25) is 19.5 Å². The summed E-state index contributed by atoms with van der Waals surface area (Å²) >= 11 is 1.48. The number of fused-ring (bicyclic) bond motifs is 2. The van der Waals surface area contributed by atoms with Gasteiger partial charge in [0.1, 0.15) is 29.0 Å². The van der Waals surface area contributed by atoms with Crippen LogP contribution in [0.2, 0.25) is 0 Å². The summed E-state index contributed by atoms with van der Waals surface area (Å²) in [6.07, 6.45) is 2.93. The van der Waals surface area contributed by atoms with Crippen LogP contribution < -0.4 is 21.9 Å². The van der Waals surface area contributed by atoms with Crippen LogP contribution in [0.15, 0.2) is 29.3 Å². The number of carbonyl (C=O) groups excluding carboxylic acids is 2. The minimum Gasteiger partial charge on any atom is -0.444 e. The van der Waals surface area contributed by atoms with Crippen LogP contribution >= 0.6 is 11.3 Å². The maximum atomic E-state index is 12.9. The number of ether oxygens (including phenoxy) is 1. The number of nitrogens with two attached hydrogens (primary N) is 1. The number of pyridine rings is 1. The van der Waals surface area contributed by atoms with Gasteiger partial charge in [0.2, 0.25) is 5.91 Å². The predicted octanol–water partition coefficient (Wildman–Crippen LogP) is 3.15. The molecule has 0 saturated carbocycles. The molecule has 1 aliphatic heterocycles. The number of thiophene rings is 1. The second-order valence-corrected chi connectivity index (χ2v) is 10.2. The average Bonchev–Trinajstić information content (AvgIpc) is 3.28. The third-order valence-corrected chi connectivity index (χ3v) is 6.30. The molecule has 0 spiro atoms. The lowest BCUT2D eigenvalue weighted by atomic mass is 10.1. The molecule has 174 valence electrons. The number of hydrogen-bond acceptors (Lipinski definition) is 8. The number of anilines is 2. The topological polar surface area (TPSA) is 141 Å². The highest BCUT2D eigenvalue weighted by Crippen LogP contribution is 2.33. The van der Waals surface area contributed by atoms with Gasteiger partial charge in [-0.1, -0.05) is 6.92 Å². The number of hydrogen-bond donors (Lipinski definition) is 3. The van der Waals surface area contributed by atoms with Crippen LogP contribution in [0.3, 0.4) is 0 Å². The molecule has 0 radical (unpaired) electrons. The molecule has 4 heterocycles. The molecule has 4 N–H and O–H groups in total. The zero-order valence-electron chi connectivity index (χ0n) is 18.8. The highest BCUT2D eigenvalue weighted by atomic mass is 32.1. The minimum absolute atomic E-state index is 0.0136. The Morgan fingerprint density at radius 2 is 2.03 bits per heavy atom. The van der Waals surface area contributed by atoms with Crippen molar-refractivity contribution < 1.29 is 14.3 Å². The second kappa shape index (κ2) is 8.47. The van der Waals surface area contributed by atoms with E-state index in [9.17, 15) is 14.4 Å². The van der Waals surface area contributed by atoms with E-state index >= 15 is 0 Å². The molecule has 0 aliphatic carbocycles. The number of nitrogens with zero attached hydrogens (tertiary/aromatic N) is 3. The average molecular weight is 471 g/mol. The van der Waals surface area contributed by atoms with Gasteiger partial charge in [-0.15, -0.1) is 11.3 Å². The van der Waals surface area contributed by atoms with Crippen LogP contribution in [-0.2, 0) is 16.1 Å². The molecule has 2 atom stereocenters. The second-order valence-electron chi connectivity index (χ2n) is 9.06. The fourth-order valence-electron chi connectivity index (χ4n) is 3.78. The highest BCUT2D eigenvalue weighted by molar-refractivity contribution is 7.19. The molecule has 0 fully saturated rings. The SMILES string of the molecule is C[C@H]1C[C@@H](C(=O)NCc2cc3cnc(NC(=O)OC(C)(C)C)cc3s2)n2c1ncc(N)c2=O. The first kappa shape index (κ1) is 22.7. The zero-order valence-corrected chi connectivity index (χ0v) is 19.7. The minimum atomic E-state index is -0.640. The largest absolute Gasteiger partial charge is 0.444 e. The van der Waals surface area contributed by atoms with Crippen molar-refractivity contribution in [3.63, 3.8) is 0 Å². The van der Waals surface area contributed by atoms with E-state index in [4.69, 9.17) is 10.5 Å². The van der Waals surface area contributed by atoms with Gasteiger partial charge >= 0.3 is 6.09 Å². The Hall–Kier alpha value is -3.47. The molecule has 0 unspecified atom stereocenters. The van der Waals surface area contributed by atoms with Crippen molar-refractivity contribution in [1.82, 2.24) is 19.9 Å². The third-order valence-electron chi connectivity index (χ3n) is 5.20. The summed E-state index contributed by atoms with van der Waals surface area (Å²) < 4.78 is 7.56. The number of aromatic nitrogens is 3. The molecule has 1 aliphatic rings. The van der Waals surface area contributed by atoms with E-state index in [1.54, 1.807) is 33.0 Å². The number of rotatable bonds is 4. The molecule has 4 rings (SSSR count). The summed E-state index contributed by atoms with van der Waals surface area (Å²) in [6.45, 7) is 7.60. The van der Waals surface area contributed by atoms with Crippen LogP contribution in [0.5, 0.6) is 0 Å². The van der Waals surface area contributed by atoms with E-state index in [1.165, 1.54) is 22.1 Å². The molecule has 0 saturated heterocycles. The standard InChI is InChI=1S/C22H26N6O4S/c1-11-5-15(28-18(11)25-10-14(23)20(28)30)19(29)26-9-13-6-12-8-24-17(7-16(12)33-13)27-21(31)32-22(2,3)4/h6-8,10-11,15H,5,9,23H2,1-4H3,(H,26,29)(H,24,27,31)/t11-,15-/m0/s1. The van der Waals surface area contributed by atoms with Crippen molar-refractivity contribution in [1.29, 1.82) is 0 Å². The van der Waals surface area contributed by atoms with Gasteiger partial charge in [0.05, 0.1) is 12.7 Å². The van der Waals surface area contributed by atoms with Crippen molar-refractivity contribution in [3.8, 4) is 0 Å². The third kappa shape index (κ3) is 4.82. The van der Waals surface area contributed by atoms with Gasteiger partial charge in [0.15, 0.2) is 0 Å². The summed E-state index contributed by atoms with van der Waals surface area (Å²) in [7, 11) is 0. The van der Waals surface area contributed by atoms with Gasteiger partial charge in [0, 0.05) is 27.1 Å².